The summed E-state index contributed by atoms with van der Waals surface area (Å²) < 4.78 is 44.5. The van der Waals surface area contributed by atoms with Crippen LogP contribution in [0.5, 0.6) is 0 Å². The van der Waals surface area contributed by atoms with Crippen LogP contribution in [0.3, 0.4) is 0 Å². The fraction of sp³-hybridized carbons (Fsp3) is 0.810. The van der Waals surface area contributed by atoms with Crippen molar-refractivity contribution in [3.8, 4) is 0 Å². The molecule has 1 aromatic rings. The van der Waals surface area contributed by atoms with E-state index in [1.807, 2.05) is 27.7 Å². The van der Waals surface area contributed by atoms with Crippen LogP contribution < -0.4 is 11.2 Å². The van der Waals surface area contributed by atoms with Crippen LogP contribution in [-0.4, -0.2) is 51.3 Å². The highest BCUT2D eigenvalue weighted by Crippen LogP contribution is 2.50. The number of alkyl halides is 1. The van der Waals surface area contributed by atoms with Crippen molar-refractivity contribution < 1.29 is 19.5 Å². The third-order valence-corrected chi connectivity index (χ3v) is 7.03. The lowest BCUT2D eigenvalue weighted by Crippen LogP contribution is -2.38. The Bertz CT molecular complexity index is 836. The van der Waals surface area contributed by atoms with E-state index >= 15 is 4.39 Å². The van der Waals surface area contributed by atoms with Crippen molar-refractivity contribution in [2.75, 3.05) is 6.61 Å². The first-order chi connectivity index (χ1) is 14.9. The average Bonchev–Trinajstić information content (AvgIpc) is 2.96. The zero-order valence-corrected chi connectivity index (χ0v) is 20.4. The maximum atomic E-state index is 15.5. The number of nitrogens with one attached hydrogen (secondary N) is 1. The summed E-state index contributed by atoms with van der Waals surface area (Å²) in [4.78, 5) is 25.6. The molecular weight excluding hydrogens is 424 g/mol. The number of ether oxygens (including phenoxy) is 1. The first-order valence-corrected chi connectivity index (χ1v) is 11.8. The fourth-order valence-corrected chi connectivity index (χ4v) is 5.10. The molecule has 1 saturated heterocycles. The smallest absolute Gasteiger partial charge is 0.330 e. The first-order valence-electron chi connectivity index (χ1n) is 11.3. The Balaban J connectivity index is 2.28. The van der Waals surface area contributed by atoms with Gasteiger partial charge < -0.3 is 13.8 Å². The maximum absolute atomic E-state index is 15.5. The van der Waals surface area contributed by atoms with Crippen LogP contribution in [0.25, 0.3) is 0 Å². The van der Waals surface area contributed by atoms with Gasteiger partial charge in [0, 0.05) is 25.7 Å². The van der Waals surface area contributed by atoms with Crippen LogP contribution in [0.2, 0.25) is 0 Å². The van der Waals surface area contributed by atoms with Gasteiger partial charge in [0.1, 0.15) is 6.10 Å². The summed E-state index contributed by atoms with van der Waals surface area (Å²) in [7, 11) is -1.64. The highest BCUT2D eigenvalue weighted by molar-refractivity contribution is 7.44. The van der Waals surface area contributed by atoms with Crippen molar-refractivity contribution in [3.05, 3.63) is 33.1 Å². The molecule has 2 heterocycles. The van der Waals surface area contributed by atoms with Crippen LogP contribution in [0, 0.1) is 5.41 Å². The van der Waals surface area contributed by atoms with Crippen molar-refractivity contribution in [1.82, 2.24) is 14.2 Å². The first kappa shape index (κ1) is 24.5. The molecule has 2 unspecified atom stereocenters. The average molecular weight is 463 g/mol. The van der Waals surface area contributed by atoms with Gasteiger partial charge in [-0.2, -0.15) is 0 Å². The van der Waals surface area contributed by atoms with E-state index in [0.717, 1.165) is 17.1 Å². The lowest BCUT2D eigenvalue weighted by molar-refractivity contribution is -0.0181. The monoisotopic (exact) mass is 462 g/mol. The van der Waals surface area contributed by atoms with E-state index in [9.17, 15) is 9.59 Å². The number of rotatable bonds is 9. The quantitative estimate of drug-likeness (QED) is 0.559. The van der Waals surface area contributed by atoms with E-state index in [1.54, 1.807) is 0 Å². The molecule has 0 aliphatic carbocycles. The van der Waals surface area contributed by atoms with Crippen molar-refractivity contribution in [3.63, 3.8) is 0 Å². The number of H-pyrrole nitrogens is 1. The van der Waals surface area contributed by atoms with Crippen molar-refractivity contribution in [2.24, 2.45) is 5.41 Å². The predicted molar refractivity (Wildman–Crippen MR) is 120 cm³/mol. The fourth-order valence-electron chi connectivity index (χ4n) is 3.33. The molecule has 0 aromatic carbocycles. The number of aromatic amines is 1. The molecule has 1 aliphatic heterocycles. The van der Waals surface area contributed by atoms with Crippen molar-refractivity contribution in [2.45, 2.75) is 98.5 Å². The zero-order chi connectivity index (χ0) is 24.2. The second kappa shape index (κ2) is 10.7. The third-order valence-electron chi connectivity index (χ3n) is 4.90. The molecule has 10 heteroatoms. The summed E-state index contributed by atoms with van der Waals surface area (Å²) in [5.41, 5.74) is -1.28. The minimum atomic E-state index is -1.72. The number of nitrogens with zero attached hydrogens (tertiary/aromatic N) is 2. The van der Waals surface area contributed by atoms with Crippen LogP contribution in [0.1, 0.15) is 69.4 Å². The van der Waals surface area contributed by atoms with E-state index in [-0.39, 0.29) is 24.4 Å². The molecule has 1 N–H and O–H groups in total. The second-order valence-electron chi connectivity index (χ2n) is 9.55. The van der Waals surface area contributed by atoms with Crippen LogP contribution >= 0.6 is 8.53 Å². The second-order valence-corrected chi connectivity index (χ2v) is 11.0. The van der Waals surface area contributed by atoms with E-state index in [1.165, 1.54) is 6.20 Å². The molecule has 0 radical (unpaired) electrons. The summed E-state index contributed by atoms with van der Waals surface area (Å²) in [5.74, 6) is 0. The van der Waals surface area contributed by atoms with Gasteiger partial charge in [-0.05, 0) is 46.4 Å². The number of hydrogen-bond donors (Lipinski definition) is 1. The predicted octanol–water partition coefficient (Wildman–Crippen LogP) is 3.98. The summed E-state index contributed by atoms with van der Waals surface area (Å²) in [5, 5.41) is 0. The van der Waals surface area contributed by atoms with Gasteiger partial charge in [0.2, 0.25) is 0 Å². The highest BCUT2D eigenvalue weighted by Gasteiger charge is 2.47. The summed E-state index contributed by atoms with van der Waals surface area (Å²) in [6, 6.07) is 1.30. The normalized spacial score (nSPS) is 26.1. The van der Waals surface area contributed by atoms with E-state index in [0.29, 0.717) is 6.61 Å². The SMILES string of the molecule is [2H]C[C@H]1O[C@@H](n2ccc(=O)[nH]c2=O)[C@@H](F)C1OP(OCCC(C)(C)C)N(C(C)C)C(C)C. The van der Waals surface area contributed by atoms with Gasteiger partial charge in [-0.3, -0.25) is 14.3 Å². The molecule has 1 aliphatic rings. The molecule has 2 rings (SSSR count). The van der Waals surface area contributed by atoms with Gasteiger partial charge in [0.15, 0.2) is 12.4 Å². The third kappa shape index (κ3) is 6.93. The van der Waals surface area contributed by atoms with Gasteiger partial charge in [-0.25, -0.2) is 13.9 Å². The standard InChI is InChI=1S/C21H37FN3O5P/c1-13(2)25(14(3)4)31(28-12-10-21(6,7)8)30-18-15(5)29-19(17(18)22)24-11-9-16(26)23-20(24)27/h9,11,13-15,17-19H,10,12H2,1-8H3,(H,23,26,27)/t15-,17+,18?,19-,31?/m1/s1/i5D. The minimum Gasteiger partial charge on any atom is -0.349 e. The number of hydrogen-bond acceptors (Lipinski definition) is 6. The largest absolute Gasteiger partial charge is 0.349 e. The Morgan fingerprint density at radius 3 is 2.48 bits per heavy atom. The Hall–Kier alpha value is -1.12. The zero-order valence-electron chi connectivity index (χ0n) is 20.5. The maximum Gasteiger partial charge on any atom is 0.330 e. The van der Waals surface area contributed by atoms with Gasteiger partial charge in [-0.1, -0.05) is 20.8 Å². The summed E-state index contributed by atoms with van der Waals surface area (Å²) in [6.45, 7) is 14.7. The summed E-state index contributed by atoms with van der Waals surface area (Å²) >= 11 is 0. The Kier molecular flexibility index (Phi) is 8.44. The van der Waals surface area contributed by atoms with Gasteiger partial charge in [0.05, 0.1) is 12.7 Å². The Labute approximate surface area is 186 Å². The van der Waals surface area contributed by atoms with Crippen LogP contribution in [0.4, 0.5) is 4.39 Å². The molecule has 1 aromatic heterocycles. The molecule has 31 heavy (non-hydrogen) atoms. The topological polar surface area (TPSA) is 85.8 Å². The van der Waals surface area contributed by atoms with Crippen molar-refractivity contribution >= 4 is 8.53 Å². The molecule has 1 fully saturated rings. The number of aromatic nitrogens is 2. The molecule has 0 bridgehead atoms. The molecule has 0 amide bonds. The molecule has 8 nitrogen and oxygen atoms in total. The lowest BCUT2D eigenvalue weighted by Gasteiger charge is -2.37. The minimum absolute atomic E-state index is 0.0702. The van der Waals surface area contributed by atoms with E-state index in [4.69, 9.17) is 15.2 Å². The molecule has 5 atom stereocenters. The Morgan fingerprint density at radius 1 is 1.32 bits per heavy atom. The summed E-state index contributed by atoms with van der Waals surface area (Å²) in [6.07, 6.45) is -2.98. The lowest BCUT2D eigenvalue weighted by atomic mass is 9.93. The van der Waals surface area contributed by atoms with Gasteiger partial charge in [0.25, 0.3) is 14.1 Å². The van der Waals surface area contributed by atoms with Crippen molar-refractivity contribution in [1.29, 1.82) is 0 Å². The molecule has 178 valence electrons. The van der Waals surface area contributed by atoms with E-state index in [2.05, 4.69) is 30.4 Å². The molecular formula is C21H37FN3O5P. The van der Waals surface area contributed by atoms with Gasteiger partial charge >= 0.3 is 5.69 Å². The molecule has 0 saturated carbocycles. The highest BCUT2D eigenvalue weighted by atomic mass is 31.2. The molecule has 0 spiro atoms. The van der Waals surface area contributed by atoms with Gasteiger partial charge in [-0.15, -0.1) is 0 Å². The van der Waals surface area contributed by atoms with Crippen LogP contribution in [0.15, 0.2) is 21.9 Å². The van der Waals surface area contributed by atoms with Crippen LogP contribution in [-0.2, 0) is 13.8 Å². The van der Waals surface area contributed by atoms with E-state index < -0.39 is 44.4 Å². The number of halogens is 1. The Morgan fingerprint density at radius 2 is 1.97 bits per heavy atom.